The van der Waals surface area contributed by atoms with Crippen LogP contribution in [-0.4, -0.2) is 33.9 Å². The number of pyridine rings is 2. The number of amides is 1. The predicted molar refractivity (Wildman–Crippen MR) is 123 cm³/mol. The number of benzene rings is 1. The number of hydrogen-bond acceptors (Lipinski definition) is 4. The lowest BCUT2D eigenvalue weighted by Gasteiger charge is -2.32. The zero-order valence-electron chi connectivity index (χ0n) is 18.3. The zero-order valence-corrected chi connectivity index (χ0v) is 18.3. The molecule has 0 saturated carbocycles. The second-order valence-electron chi connectivity index (χ2n) is 8.41. The number of nitrogens with one attached hydrogen (secondary N) is 1. The predicted octanol–water partition coefficient (Wildman–Crippen LogP) is 4.40. The van der Waals surface area contributed by atoms with Crippen molar-refractivity contribution in [3.05, 3.63) is 94.6 Å². The quantitative estimate of drug-likeness (QED) is 0.649. The minimum atomic E-state index is -0.0384. The maximum absolute atomic E-state index is 13.0. The number of rotatable bonds is 6. The number of carbonyl (C=O) groups is 1. The van der Waals surface area contributed by atoms with Crippen molar-refractivity contribution < 1.29 is 4.79 Å². The van der Waals surface area contributed by atoms with Gasteiger partial charge >= 0.3 is 0 Å². The number of nitrogens with zero attached hydrogens (tertiary/aromatic N) is 3. The van der Waals surface area contributed by atoms with Gasteiger partial charge in [-0.1, -0.05) is 30.3 Å². The smallest absolute Gasteiger partial charge is 0.253 e. The highest BCUT2D eigenvalue weighted by molar-refractivity contribution is 5.95. The SMILES string of the molecule is Cc1ccc(C(=O)NCc2ccccc2C)c(C2CCN(Cc3cccnc3)CC2)n1. The first-order chi connectivity index (χ1) is 15.1. The Bertz CT molecular complexity index is 1030. The molecular weight excluding hydrogens is 384 g/mol. The van der Waals surface area contributed by atoms with Gasteiger partial charge in [0.15, 0.2) is 0 Å². The van der Waals surface area contributed by atoms with Crippen molar-refractivity contribution in [2.45, 2.75) is 45.7 Å². The Balaban J connectivity index is 1.42. The van der Waals surface area contributed by atoms with Crippen molar-refractivity contribution in [3.8, 4) is 0 Å². The van der Waals surface area contributed by atoms with Gasteiger partial charge < -0.3 is 5.32 Å². The van der Waals surface area contributed by atoms with E-state index in [1.807, 2.05) is 49.6 Å². The molecule has 0 bridgehead atoms. The first kappa shape index (κ1) is 21.2. The summed E-state index contributed by atoms with van der Waals surface area (Å²) in [6, 6.07) is 16.1. The molecule has 0 radical (unpaired) electrons. The molecule has 0 atom stereocenters. The number of hydrogen-bond donors (Lipinski definition) is 1. The molecule has 1 saturated heterocycles. The number of aryl methyl sites for hydroxylation is 2. The van der Waals surface area contributed by atoms with Crippen LogP contribution in [0.2, 0.25) is 0 Å². The summed E-state index contributed by atoms with van der Waals surface area (Å²) in [6.45, 7) is 7.52. The summed E-state index contributed by atoms with van der Waals surface area (Å²) in [7, 11) is 0. The van der Waals surface area contributed by atoms with Gasteiger partial charge in [-0.25, -0.2) is 0 Å². The Morgan fingerprint density at radius 1 is 1.06 bits per heavy atom. The van der Waals surface area contributed by atoms with Gasteiger partial charge in [0, 0.05) is 37.1 Å². The van der Waals surface area contributed by atoms with Crippen LogP contribution in [0.25, 0.3) is 0 Å². The number of carbonyl (C=O) groups excluding carboxylic acids is 1. The highest BCUT2D eigenvalue weighted by Crippen LogP contribution is 2.30. The molecule has 4 rings (SSSR count). The third kappa shape index (κ3) is 5.36. The van der Waals surface area contributed by atoms with Crippen LogP contribution in [0.3, 0.4) is 0 Å². The van der Waals surface area contributed by atoms with Crippen LogP contribution < -0.4 is 5.32 Å². The zero-order chi connectivity index (χ0) is 21.6. The van der Waals surface area contributed by atoms with Crippen LogP contribution in [-0.2, 0) is 13.1 Å². The first-order valence-electron chi connectivity index (χ1n) is 11.0. The molecule has 1 aliphatic rings. The molecule has 1 aliphatic heterocycles. The summed E-state index contributed by atoms with van der Waals surface area (Å²) in [5.41, 5.74) is 6.19. The highest BCUT2D eigenvalue weighted by Gasteiger charge is 2.26. The van der Waals surface area contributed by atoms with E-state index in [4.69, 9.17) is 4.98 Å². The van der Waals surface area contributed by atoms with Crippen LogP contribution >= 0.6 is 0 Å². The number of piperidine rings is 1. The molecular formula is C26H30N4O. The summed E-state index contributed by atoms with van der Waals surface area (Å²) >= 11 is 0. The van der Waals surface area contributed by atoms with E-state index in [9.17, 15) is 4.79 Å². The monoisotopic (exact) mass is 414 g/mol. The molecule has 3 heterocycles. The standard InChI is InChI=1S/C26H30N4O/c1-19-6-3-4-8-23(19)17-28-26(31)24-10-9-20(2)29-25(24)22-11-14-30(15-12-22)18-21-7-5-13-27-16-21/h3-10,13,16,22H,11-12,14-15,17-18H2,1-2H3,(H,28,31). The maximum atomic E-state index is 13.0. The van der Waals surface area contributed by atoms with E-state index < -0.39 is 0 Å². The maximum Gasteiger partial charge on any atom is 0.253 e. The lowest BCUT2D eigenvalue weighted by Crippen LogP contribution is -2.34. The van der Waals surface area contributed by atoms with Crippen molar-refractivity contribution in [2.75, 3.05) is 13.1 Å². The van der Waals surface area contributed by atoms with Crippen LogP contribution in [0.5, 0.6) is 0 Å². The molecule has 31 heavy (non-hydrogen) atoms. The van der Waals surface area contributed by atoms with Crippen molar-refractivity contribution in [3.63, 3.8) is 0 Å². The van der Waals surface area contributed by atoms with Crippen molar-refractivity contribution in [1.29, 1.82) is 0 Å². The van der Waals surface area contributed by atoms with E-state index in [1.54, 1.807) is 0 Å². The lowest BCUT2D eigenvalue weighted by molar-refractivity contribution is 0.0948. The fourth-order valence-corrected chi connectivity index (χ4v) is 4.27. The first-order valence-corrected chi connectivity index (χ1v) is 11.0. The summed E-state index contributed by atoms with van der Waals surface area (Å²) in [5.74, 6) is 0.271. The van der Waals surface area contributed by atoms with Gasteiger partial charge in [0.1, 0.15) is 0 Å². The van der Waals surface area contributed by atoms with Gasteiger partial charge in [0.05, 0.1) is 11.3 Å². The summed E-state index contributed by atoms with van der Waals surface area (Å²) < 4.78 is 0. The van der Waals surface area contributed by atoms with E-state index in [2.05, 4.69) is 40.3 Å². The average Bonchev–Trinajstić information content (AvgIpc) is 2.79. The largest absolute Gasteiger partial charge is 0.348 e. The molecule has 2 aromatic heterocycles. The fourth-order valence-electron chi connectivity index (χ4n) is 4.27. The molecule has 1 amide bonds. The van der Waals surface area contributed by atoms with Crippen molar-refractivity contribution in [1.82, 2.24) is 20.2 Å². The molecule has 1 aromatic carbocycles. The van der Waals surface area contributed by atoms with Crippen molar-refractivity contribution in [2.24, 2.45) is 0 Å². The molecule has 3 aromatic rings. The average molecular weight is 415 g/mol. The van der Waals surface area contributed by atoms with Gasteiger partial charge in [-0.3, -0.25) is 19.7 Å². The van der Waals surface area contributed by atoms with Gasteiger partial charge in [0.25, 0.3) is 5.91 Å². The normalized spacial score (nSPS) is 15.0. The van der Waals surface area contributed by atoms with E-state index in [0.717, 1.165) is 49.4 Å². The third-order valence-electron chi connectivity index (χ3n) is 6.11. The molecule has 5 nitrogen and oxygen atoms in total. The minimum absolute atomic E-state index is 0.0384. The van der Waals surface area contributed by atoms with Crippen molar-refractivity contribution >= 4 is 5.91 Å². The minimum Gasteiger partial charge on any atom is -0.348 e. The second kappa shape index (κ2) is 9.84. The van der Waals surface area contributed by atoms with Gasteiger partial charge in [-0.05, 0) is 74.7 Å². The Kier molecular flexibility index (Phi) is 6.73. The number of likely N-dealkylation sites (tertiary alicyclic amines) is 1. The topological polar surface area (TPSA) is 58.1 Å². The Labute approximate surface area is 184 Å². The Morgan fingerprint density at radius 3 is 2.61 bits per heavy atom. The summed E-state index contributed by atoms with van der Waals surface area (Å²) in [4.78, 5) is 24.5. The molecule has 5 heteroatoms. The summed E-state index contributed by atoms with van der Waals surface area (Å²) in [5, 5.41) is 3.10. The van der Waals surface area contributed by atoms with E-state index in [-0.39, 0.29) is 5.91 Å². The molecule has 1 N–H and O–H groups in total. The lowest BCUT2D eigenvalue weighted by atomic mass is 9.89. The van der Waals surface area contributed by atoms with Crippen LogP contribution in [0.4, 0.5) is 0 Å². The van der Waals surface area contributed by atoms with Crippen LogP contribution in [0.15, 0.2) is 60.9 Å². The van der Waals surface area contributed by atoms with Crippen LogP contribution in [0.1, 0.15) is 57.2 Å². The van der Waals surface area contributed by atoms with Gasteiger partial charge in [0.2, 0.25) is 0 Å². The second-order valence-corrected chi connectivity index (χ2v) is 8.41. The van der Waals surface area contributed by atoms with E-state index >= 15 is 0 Å². The Morgan fingerprint density at radius 2 is 1.87 bits per heavy atom. The Hall–Kier alpha value is -3.05. The van der Waals surface area contributed by atoms with Crippen LogP contribution in [0, 0.1) is 13.8 Å². The molecule has 0 spiro atoms. The third-order valence-corrected chi connectivity index (χ3v) is 6.11. The molecule has 160 valence electrons. The van der Waals surface area contributed by atoms with Gasteiger partial charge in [-0.2, -0.15) is 0 Å². The van der Waals surface area contributed by atoms with Gasteiger partial charge in [-0.15, -0.1) is 0 Å². The number of aromatic nitrogens is 2. The fraction of sp³-hybridized carbons (Fsp3) is 0.346. The molecule has 0 unspecified atom stereocenters. The molecule has 1 fully saturated rings. The highest BCUT2D eigenvalue weighted by atomic mass is 16.1. The van der Waals surface area contributed by atoms with E-state index in [1.165, 1.54) is 11.1 Å². The van der Waals surface area contributed by atoms with E-state index in [0.29, 0.717) is 18.0 Å². The molecule has 0 aliphatic carbocycles. The summed E-state index contributed by atoms with van der Waals surface area (Å²) in [6.07, 6.45) is 5.76.